The van der Waals surface area contributed by atoms with E-state index in [1.165, 1.54) is 0 Å². The van der Waals surface area contributed by atoms with Crippen LogP contribution in [0.15, 0.2) is 35.4 Å². The van der Waals surface area contributed by atoms with Gasteiger partial charge in [0.2, 0.25) is 0 Å². The molecule has 2 aromatic rings. The highest BCUT2D eigenvalue weighted by Crippen LogP contribution is 2.28. The Hall–Kier alpha value is -1.93. The number of benzene rings is 1. The summed E-state index contributed by atoms with van der Waals surface area (Å²) in [5.41, 5.74) is 7.13. The van der Waals surface area contributed by atoms with Crippen LogP contribution in [-0.4, -0.2) is 15.5 Å². The lowest BCUT2D eigenvalue weighted by molar-refractivity contribution is 0.805. The summed E-state index contributed by atoms with van der Waals surface area (Å²) >= 11 is 1.57. The number of nitrogens with zero attached hydrogens (tertiary/aromatic N) is 3. The number of nitriles is 1. The molecule has 86 valence electrons. The molecule has 2 rings (SSSR count). The van der Waals surface area contributed by atoms with E-state index in [1.807, 2.05) is 37.3 Å². The van der Waals surface area contributed by atoms with Crippen LogP contribution in [0.3, 0.4) is 0 Å². The molecule has 4 nitrogen and oxygen atoms in total. The maximum atomic E-state index is 9.09. The van der Waals surface area contributed by atoms with Crippen LogP contribution in [0, 0.1) is 11.3 Å². The number of hydrogen-bond donors (Lipinski definition) is 1. The molecule has 0 aliphatic rings. The fraction of sp³-hybridized carbons (Fsp3) is 0.167. The van der Waals surface area contributed by atoms with E-state index in [2.05, 4.69) is 11.2 Å². The Morgan fingerprint density at radius 3 is 2.71 bits per heavy atom. The quantitative estimate of drug-likeness (QED) is 0.842. The third kappa shape index (κ3) is 2.12. The molecule has 0 saturated carbocycles. The van der Waals surface area contributed by atoms with E-state index < -0.39 is 0 Å². The number of anilines is 1. The first kappa shape index (κ1) is 11.6. The minimum absolute atomic E-state index is 0.285. The number of aromatic nitrogens is 2. The first-order valence-electron chi connectivity index (χ1n) is 5.24. The molecular formula is C12H12N4S. The van der Waals surface area contributed by atoms with Crippen molar-refractivity contribution in [2.24, 2.45) is 0 Å². The van der Waals surface area contributed by atoms with Gasteiger partial charge in [0.05, 0.1) is 5.69 Å². The van der Waals surface area contributed by atoms with Gasteiger partial charge < -0.3 is 5.73 Å². The van der Waals surface area contributed by atoms with Gasteiger partial charge in [-0.3, -0.25) is 0 Å². The first-order valence-corrected chi connectivity index (χ1v) is 6.23. The van der Waals surface area contributed by atoms with Crippen molar-refractivity contribution in [2.45, 2.75) is 11.9 Å². The maximum Gasteiger partial charge on any atom is 0.165 e. The number of thioether (sulfide) groups is 1. The van der Waals surface area contributed by atoms with Crippen molar-refractivity contribution in [2.75, 3.05) is 11.5 Å². The number of rotatable bonds is 3. The van der Waals surface area contributed by atoms with Crippen molar-refractivity contribution in [3.63, 3.8) is 0 Å². The van der Waals surface area contributed by atoms with E-state index in [1.54, 1.807) is 16.4 Å². The Bertz CT molecular complexity index is 554. The van der Waals surface area contributed by atoms with Crippen molar-refractivity contribution >= 4 is 17.6 Å². The van der Waals surface area contributed by atoms with Crippen LogP contribution in [0.25, 0.3) is 5.69 Å². The van der Waals surface area contributed by atoms with Gasteiger partial charge in [-0.15, -0.1) is 16.9 Å². The molecule has 0 aliphatic carbocycles. The van der Waals surface area contributed by atoms with Crippen molar-refractivity contribution in [3.05, 3.63) is 35.9 Å². The topological polar surface area (TPSA) is 67.6 Å². The molecule has 0 radical (unpaired) electrons. The second-order valence-electron chi connectivity index (χ2n) is 3.36. The van der Waals surface area contributed by atoms with E-state index in [0.717, 1.165) is 16.5 Å². The summed E-state index contributed by atoms with van der Waals surface area (Å²) in [5.74, 6) is 1.15. The smallest absolute Gasteiger partial charge is 0.165 e. The molecule has 0 aliphatic heterocycles. The standard InChI is InChI=1S/C12H12N4S/c1-2-17-12-10(8-13)11(14)15-16(12)9-6-4-3-5-7-9/h3-7H,2H2,1H3,(H2,14,15). The lowest BCUT2D eigenvalue weighted by Crippen LogP contribution is -1.98. The lowest BCUT2D eigenvalue weighted by atomic mass is 10.3. The Morgan fingerprint density at radius 1 is 1.41 bits per heavy atom. The summed E-state index contributed by atoms with van der Waals surface area (Å²) in [7, 11) is 0. The number of hydrogen-bond acceptors (Lipinski definition) is 4. The fourth-order valence-corrected chi connectivity index (χ4v) is 2.37. The lowest BCUT2D eigenvalue weighted by Gasteiger charge is -2.05. The van der Waals surface area contributed by atoms with Gasteiger partial charge in [-0.25, -0.2) is 4.68 Å². The van der Waals surface area contributed by atoms with E-state index in [-0.39, 0.29) is 5.82 Å². The van der Waals surface area contributed by atoms with Gasteiger partial charge in [0.15, 0.2) is 5.82 Å². The van der Waals surface area contributed by atoms with Gasteiger partial charge in [0, 0.05) is 0 Å². The van der Waals surface area contributed by atoms with Crippen LogP contribution in [0.1, 0.15) is 12.5 Å². The molecule has 5 heteroatoms. The third-order valence-corrected chi connectivity index (χ3v) is 3.20. The Kier molecular flexibility index (Phi) is 3.35. The third-order valence-electron chi connectivity index (χ3n) is 2.26. The Morgan fingerprint density at radius 2 is 2.12 bits per heavy atom. The average Bonchev–Trinajstić information content (AvgIpc) is 2.67. The van der Waals surface area contributed by atoms with Crippen LogP contribution in [0.4, 0.5) is 5.82 Å². The van der Waals surface area contributed by atoms with Gasteiger partial charge in [-0.2, -0.15) is 5.26 Å². The molecule has 0 atom stereocenters. The Balaban J connectivity index is 2.59. The van der Waals surface area contributed by atoms with Gasteiger partial charge in [0.1, 0.15) is 16.7 Å². The molecule has 1 aromatic heterocycles. The van der Waals surface area contributed by atoms with Gasteiger partial charge in [-0.1, -0.05) is 25.1 Å². The molecule has 17 heavy (non-hydrogen) atoms. The zero-order chi connectivity index (χ0) is 12.3. The van der Waals surface area contributed by atoms with Crippen molar-refractivity contribution in [1.29, 1.82) is 5.26 Å². The summed E-state index contributed by atoms with van der Waals surface area (Å²) in [5, 5.41) is 14.1. The number of para-hydroxylation sites is 1. The van der Waals surface area contributed by atoms with Crippen molar-refractivity contribution in [1.82, 2.24) is 9.78 Å². The molecule has 2 N–H and O–H groups in total. The summed E-state index contributed by atoms with van der Waals surface area (Å²) in [4.78, 5) is 0. The molecular weight excluding hydrogens is 232 g/mol. The van der Waals surface area contributed by atoms with Gasteiger partial charge in [-0.05, 0) is 17.9 Å². The van der Waals surface area contributed by atoms with Crippen LogP contribution in [0.2, 0.25) is 0 Å². The highest BCUT2D eigenvalue weighted by atomic mass is 32.2. The van der Waals surface area contributed by atoms with Crippen LogP contribution < -0.4 is 5.73 Å². The highest BCUT2D eigenvalue weighted by molar-refractivity contribution is 7.99. The monoisotopic (exact) mass is 244 g/mol. The van der Waals surface area contributed by atoms with E-state index in [9.17, 15) is 0 Å². The zero-order valence-electron chi connectivity index (χ0n) is 9.42. The number of nitrogen functional groups attached to an aromatic ring is 1. The summed E-state index contributed by atoms with van der Waals surface area (Å²) < 4.78 is 1.72. The van der Waals surface area contributed by atoms with Gasteiger partial charge >= 0.3 is 0 Å². The molecule has 1 heterocycles. The fourth-order valence-electron chi connectivity index (χ4n) is 1.54. The molecule has 0 fully saturated rings. The van der Waals surface area contributed by atoms with E-state index in [4.69, 9.17) is 11.0 Å². The average molecular weight is 244 g/mol. The molecule has 0 saturated heterocycles. The van der Waals surface area contributed by atoms with E-state index in [0.29, 0.717) is 5.56 Å². The predicted octanol–water partition coefficient (Wildman–Crippen LogP) is 2.44. The summed E-state index contributed by atoms with van der Waals surface area (Å²) in [6.07, 6.45) is 0. The van der Waals surface area contributed by atoms with Crippen LogP contribution in [0.5, 0.6) is 0 Å². The predicted molar refractivity (Wildman–Crippen MR) is 69.1 cm³/mol. The minimum atomic E-state index is 0.285. The Labute approximate surface area is 104 Å². The molecule has 0 unspecified atom stereocenters. The van der Waals surface area contributed by atoms with Crippen LogP contribution >= 0.6 is 11.8 Å². The second kappa shape index (κ2) is 4.93. The highest BCUT2D eigenvalue weighted by Gasteiger charge is 2.16. The minimum Gasteiger partial charge on any atom is -0.381 e. The SMILES string of the molecule is CCSc1c(C#N)c(N)nn1-c1ccccc1. The molecule has 1 aromatic carbocycles. The largest absolute Gasteiger partial charge is 0.381 e. The first-order chi connectivity index (χ1) is 8.27. The normalized spacial score (nSPS) is 10.1. The summed E-state index contributed by atoms with van der Waals surface area (Å²) in [6.45, 7) is 2.03. The zero-order valence-corrected chi connectivity index (χ0v) is 10.2. The van der Waals surface area contributed by atoms with E-state index >= 15 is 0 Å². The number of nitrogens with two attached hydrogens (primary N) is 1. The van der Waals surface area contributed by atoms with Gasteiger partial charge in [0.25, 0.3) is 0 Å². The van der Waals surface area contributed by atoms with Crippen LogP contribution in [-0.2, 0) is 0 Å². The molecule has 0 spiro atoms. The van der Waals surface area contributed by atoms with Crippen molar-refractivity contribution in [3.8, 4) is 11.8 Å². The second-order valence-corrected chi connectivity index (χ2v) is 4.61. The molecule has 0 bridgehead atoms. The molecule has 0 amide bonds. The maximum absolute atomic E-state index is 9.09. The summed E-state index contributed by atoms with van der Waals surface area (Å²) in [6, 6.07) is 11.8. The van der Waals surface area contributed by atoms with Crippen molar-refractivity contribution < 1.29 is 0 Å².